The minimum absolute atomic E-state index is 0.108. The van der Waals surface area contributed by atoms with E-state index in [1.165, 1.54) is 18.2 Å². The predicted octanol–water partition coefficient (Wildman–Crippen LogP) is 1.03. The molecule has 0 unspecified atom stereocenters. The molecule has 0 aliphatic carbocycles. The van der Waals surface area contributed by atoms with Crippen molar-refractivity contribution in [2.45, 2.75) is 0 Å². The fourth-order valence-electron chi connectivity index (χ4n) is 2.23. The molecule has 1 heterocycles. The molecule has 7 nitrogen and oxygen atoms in total. The maximum absolute atomic E-state index is 11.0. The standard InChI is InChI=1S/C14H19N3O4/c1-15-4-6-16(7-5-15)8-9-21-14-3-2-13(17(19)20)10-12(14)11-18/h2-3,10-11H,4-9H2,1H3. The normalized spacial score (nSPS) is 16.6. The number of hydrogen-bond donors (Lipinski definition) is 0. The molecule has 1 aromatic rings. The van der Waals surface area contributed by atoms with E-state index in [1.807, 2.05) is 0 Å². The summed E-state index contributed by atoms with van der Waals surface area (Å²) in [7, 11) is 2.10. The van der Waals surface area contributed by atoms with Gasteiger partial charge in [0.25, 0.3) is 5.69 Å². The van der Waals surface area contributed by atoms with Crippen LogP contribution in [0.1, 0.15) is 10.4 Å². The lowest BCUT2D eigenvalue weighted by molar-refractivity contribution is -0.384. The molecule has 7 heteroatoms. The maximum atomic E-state index is 11.0. The van der Waals surface area contributed by atoms with Crippen molar-refractivity contribution in [1.82, 2.24) is 9.80 Å². The molecule has 21 heavy (non-hydrogen) atoms. The molecule has 0 spiro atoms. The van der Waals surface area contributed by atoms with Crippen LogP contribution in [-0.2, 0) is 0 Å². The number of rotatable bonds is 6. The lowest BCUT2D eigenvalue weighted by Crippen LogP contribution is -2.45. The van der Waals surface area contributed by atoms with E-state index >= 15 is 0 Å². The Bertz CT molecular complexity index is 513. The van der Waals surface area contributed by atoms with E-state index in [4.69, 9.17) is 4.74 Å². The van der Waals surface area contributed by atoms with E-state index in [0.29, 0.717) is 18.6 Å². The second kappa shape index (κ2) is 7.14. The first-order valence-electron chi connectivity index (χ1n) is 6.87. The summed E-state index contributed by atoms with van der Waals surface area (Å²) in [6, 6.07) is 4.06. The molecule has 114 valence electrons. The average molecular weight is 293 g/mol. The van der Waals surface area contributed by atoms with Crippen LogP contribution in [-0.4, -0.2) is 67.4 Å². The number of ether oxygens (including phenoxy) is 1. The number of nitrogens with zero attached hydrogens (tertiary/aromatic N) is 3. The predicted molar refractivity (Wildman–Crippen MR) is 77.9 cm³/mol. The Hall–Kier alpha value is -1.99. The number of benzene rings is 1. The van der Waals surface area contributed by atoms with Gasteiger partial charge in [0.05, 0.1) is 10.5 Å². The number of piperazine rings is 1. The summed E-state index contributed by atoms with van der Waals surface area (Å²) in [6.45, 7) is 5.32. The quantitative estimate of drug-likeness (QED) is 0.443. The summed E-state index contributed by atoms with van der Waals surface area (Å²) >= 11 is 0. The number of nitro groups is 1. The number of non-ortho nitro benzene ring substituents is 1. The van der Waals surface area contributed by atoms with Gasteiger partial charge in [0.1, 0.15) is 12.4 Å². The highest BCUT2D eigenvalue weighted by Crippen LogP contribution is 2.22. The first-order chi connectivity index (χ1) is 10.1. The van der Waals surface area contributed by atoms with Gasteiger partial charge in [-0.2, -0.15) is 0 Å². The van der Waals surface area contributed by atoms with Crippen LogP contribution in [0.2, 0.25) is 0 Å². The van der Waals surface area contributed by atoms with Crippen molar-refractivity contribution in [2.24, 2.45) is 0 Å². The lowest BCUT2D eigenvalue weighted by atomic mass is 10.2. The van der Waals surface area contributed by atoms with Gasteiger partial charge in [-0.1, -0.05) is 0 Å². The van der Waals surface area contributed by atoms with Crippen molar-refractivity contribution >= 4 is 12.0 Å². The van der Waals surface area contributed by atoms with Gasteiger partial charge in [-0.25, -0.2) is 0 Å². The summed E-state index contributed by atoms with van der Waals surface area (Å²) in [5, 5.41) is 10.7. The summed E-state index contributed by atoms with van der Waals surface area (Å²) in [6.07, 6.45) is 0.582. The topological polar surface area (TPSA) is 75.9 Å². The maximum Gasteiger partial charge on any atom is 0.270 e. The number of carbonyl (C=O) groups excluding carboxylic acids is 1. The van der Waals surface area contributed by atoms with Gasteiger partial charge in [0, 0.05) is 44.9 Å². The van der Waals surface area contributed by atoms with E-state index < -0.39 is 4.92 Å². The summed E-state index contributed by atoms with van der Waals surface area (Å²) in [5.74, 6) is 0.393. The van der Waals surface area contributed by atoms with Crippen molar-refractivity contribution in [1.29, 1.82) is 0 Å². The molecule has 0 saturated carbocycles. The zero-order valence-electron chi connectivity index (χ0n) is 12.0. The zero-order valence-corrected chi connectivity index (χ0v) is 12.0. The van der Waals surface area contributed by atoms with Crippen molar-refractivity contribution in [3.05, 3.63) is 33.9 Å². The number of likely N-dealkylation sites (N-methyl/N-ethyl adjacent to an activating group) is 1. The highest BCUT2D eigenvalue weighted by Gasteiger charge is 2.14. The van der Waals surface area contributed by atoms with E-state index in [1.54, 1.807) is 0 Å². The molecular weight excluding hydrogens is 274 g/mol. The number of aldehydes is 1. The molecule has 0 aromatic heterocycles. The zero-order chi connectivity index (χ0) is 15.2. The molecule has 1 aliphatic rings. The Balaban J connectivity index is 1.88. The monoisotopic (exact) mass is 293 g/mol. The minimum Gasteiger partial charge on any atom is -0.491 e. The third-order valence-electron chi connectivity index (χ3n) is 3.59. The first kappa shape index (κ1) is 15.4. The molecule has 0 radical (unpaired) electrons. The van der Waals surface area contributed by atoms with E-state index in [-0.39, 0.29) is 11.3 Å². The van der Waals surface area contributed by atoms with Gasteiger partial charge in [-0.05, 0) is 13.1 Å². The Kier molecular flexibility index (Phi) is 5.24. The largest absolute Gasteiger partial charge is 0.491 e. The van der Waals surface area contributed by atoms with E-state index in [0.717, 1.165) is 32.7 Å². The smallest absolute Gasteiger partial charge is 0.270 e. The van der Waals surface area contributed by atoms with Crippen LogP contribution in [0.15, 0.2) is 18.2 Å². The number of nitro benzene ring substituents is 1. The van der Waals surface area contributed by atoms with Gasteiger partial charge in [0.2, 0.25) is 0 Å². The van der Waals surface area contributed by atoms with E-state index in [9.17, 15) is 14.9 Å². The Morgan fingerprint density at radius 2 is 2.05 bits per heavy atom. The van der Waals surface area contributed by atoms with Gasteiger partial charge in [-0.3, -0.25) is 19.8 Å². The fraction of sp³-hybridized carbons (Fsp3) is 0.500. The van der Waals surface area contributed by atoms with Crippen LogP contribution in [0.3, 0.4) is 0 Å². The fourth-order valence-corrected chi connectivity index (χ4v) is 2.23. The molecule has 0 bridgehead atoms. The molecule has 0 amide bonds. The molecular formula is C14H19N3O4. The second-order valence-electron chi connectivity index (χ2n) is 5.09. The van der Waals surface area contributed by atoms with Gasteiger partial charge >= 0.3 is 0 Å². The Labute approximate surface area is 123 Å². The molecule has 2 rings (SSSR count). The molecule has 0 atom stereocenters. The summed E-state index contributed by atoms with van der Waals surface area (Å²) < 4.78 is 5.58. The number of hydrogen-bond acceptors (Lipinski definition) is 6. The van der Waals surface area contributed by atoms with Crippen LogP contribution < -0.4 is 4.74 Å². The third-order valence-corrected chi connectivity index (χ3v) is 3.59. The Morgan fingerprint density at radius 3 is 2.67 bits per heavy atom. The Morgan fingerprint density at radius 1 is 1.33 bits per heavy atom. The van der Waals surface area contributed by atoms with Crippen LogP contribution in [0.5, 0.6) is 5.75 Å². The highest BCUT2D eigenvalue weighted by molar-refractivity contribution is 5.80. The first-order valence-corrected chi connectivity index (χ1v) is 6.87. The molecule has 1 fully saturated rings. The molecule has 0 N–H and O–H groups in total. The SMILES string of the molecule is CN1CCN(CCOc2ccc([N+](=O)[O-])cc2C=O)CC1. The summed E-state index contributed by atoms with van der Waals surface area (Å²) in [4.78, 5) is 25.7. The van der Waals surface area contributed by atoms with Crippen molar-refractivity contribution in [2.75, 3.05) is 46.4 Å². The van der Waals surface area contributed by atoms with Gasteiger partial charge in [0.15, 0.2) is 6.29 Å². The second-order valence-corrected chi connectivity index (χ2v) is 5.09. The average Bonchev–Trinajstić information content (AvgIpc) is 2.49. The lowest BCUT2D eigenvalue weighted by Gasteiger charge is -2.32. The molecule has 1 aliphatic heterocycles. The van der Waals surface area contributed by atoms with Crippen molar-refractivity contribution in [3.8, 4) is 5.75 Å². The van der Waals surface area contributed by atoms with Crippen LogP contribution in [0.25, 0.3) is 0 Å². The minimum atomic E-state index is -0.527. The highest BCUT2D eigenvalue weighted by atomic mass is 16.6. The number of carbonyl (C=O) groups is 1. The summed E-state index contributed by atoms with van der Waals surface area (Å²) in [5.41, 5.74) is 0.103. The van der Waals surface area contributed by atoms with Crippen molar-refractivity contribution < 1.29 is 14.5 Å². The van der Waals surface area contributed by atoms with E-state index in [2.05, 4.69) is 16.8 Å². The third kappa shape index (κ3) is 4.24. The van der Waals surface area contributed by atoms with Gasteiger partial charge < -0.3 is 9.64 Å². The molecule has 1 aromatic carbocycles. The van der Waals surface area contributed by atoms with Crippen LogP contribution >= 0.6 is 0 Å². The van der Waals surface area contributed by atoms with Gasteiger partial charge in [-0.15, -0.1) is 0 Å². The molecule has 1 saturated heterocycles. The van der Waals surface area contributed by atoms with Crippen LogP contribution in [0.4, 0.5) is 5.69 Å². The van der Waals surface area contributed by atoms with Crippen molar-refractivity contribution in [3.63, 3.8) is 0 Å². The van der Waals surface area contributed by atoms with Crippen LogP contribution in [0, 0.1) is 10.1 Å².